The van der Waals surface area contributed by atoms with Crippen molar-refractivity contribution >= 4 is 23.9 Å². The summed E-state index contributed by atoms with van der Waals surface area (Å²) in [4.78, 5) is 35.4. The van der Waals surface area contributed by atoms with E-state index in [1.54, 1.807) is 0 Å². The summed E-state index contributed by atoms with van der Waals surface area (Å²) in [6, 6.07) is -1.81. The number of rotatable bonds is 6. The second-order valence-corrected chi connectivity index (χ2v) is 3.19. The Morgan fingerprint density at radius 2 is 2.00 bits per heavy atom. The van der Waals surface area contributed by atoms with Crippen LogP contribution in [0.5, 0.6) is 0 Å². The number of nitrogens with zero attached hydrogens (tertiary/aromatic N) is 2. The van der Waals surface area contributed by atoms with Crippen molar-refractivity contribution in [3.05, 3.63) is 5.53 Å². The van der Waals surface area contributed by atoms with Gasteiger partial charge in [-0.3, -0.25) is 9.59 Å². The third-order valence-electron chi connectivity index (χ3n) is 1.74. The maximum atomic E-state index is 12.0. The van der Waals surface area contributed by atoms with E-state index in [1.807, 2.05) is 0 Å². The molecule has 0 unspecified atom stereocenters. The van der Waals surface area contributed by atoms with Gasteiger partial charge in [-0.15, -0.1) is 0 Å². The van der Waals surface area contributed by atoms with Crippen LogP contribution in [0.15, 0.2) is 0 Å². The van der Waals surface area contributed by atoms with Crippen LogP contribution in [0, 0.1) is 0 Å². The minimum absolute atomic E-state index is 0.139. The lowest BCUT2D eigenvalue weighted by Gasteiger charge is -2.16. The van der Waals surface area contributed by atoms with Gasteiger partial charge in [0.15, 0.2) is 0 Å². The maximum Gasteiger partial charge on any atom is 0.471 e. The minimum Gasteiger partial charge on any atom is -0.464 e. The number of amides is 1. The molecule has 19 heavy (non-hydrogen) atoms. The van der Waals surface area contributed by atoms with Crippen molar-refractivity contribution in [3.8, 4) is 0 Å². The Hall–Kier alpha value is -2.22. The quantitative estimate of drug-likeness (QED) is 0.316. The first-order valence-corrected chi connectivity index (χ1v) is 4.97. The van der Waals surface area contributed by atoms with Crippen LogP contribution in [0.3, 0.4) is 0 Å². The molecule has 106 valence electrons. The highest BCUT2D eigenvalue weighted by Gasteiger charge is 2.41. The third-order valence-corrected chi connectivity index (χ3v) is 1.74. The zero-order valence-corrected chi connectivity index (χ0v) is 9.73. The Morgan fingerprint density at radius 3 is 2.42 bits per heavy atom. The van der Waals surface area contributed by atoms with Crippen LogP contribution < -0.4 is 5.32 Å². The van der Waals surface area contributed by atoms with E-state index in [1.165, 1.54) is 12.2 Å². The lowest BCUT2D eigenvalue weighted by Crippen LogP contribution is -2.48. The van der Waals surface area contributed by atoms with Gasteiger partial charge in [0.1, 0.15) is 6.04 Å². The van der Waals surface area contributed by atoms with Crippen molar-refractivity contribution in [3.63, 3.8) is 0 Å². The number of halogens is 3. The molecule has 0 fully saturated rings. The summed E-state index contributed by atoms with van der Waals surface area (Å²) in [5.74, 6) is -4.53. The number of esters is 1. The molecule has 10 heteroatoms. The molecule has 0 saturated carbocycles. The second kappa shape index (κ2) is 7.27. The number of hydrogen-bond donors (Lipinski definition) is 1. The van der Waals surface area contributed by atoms with Crippen LogP contribution in [0.25, 0.3) is 5.53 Å². The average molecular weight is 281 g/mol. The van der Waals surface area contributed by atoms with Crippen LogP contribution in [-0.2, 0) is 19.1 Å². The van der Waals surface area contributed by atoms with Crippen molar-refractivity contribution < 1.29 is 37.1 Å². The van der Waals surface area contributed by atoms with E-state index >= 15 is 0 Å². The zero-order valence-electron chi connectivity index (χ0n) is 9.73. The largest absolute Gasteiger partial charge is 0.471 e. The Bertz CT molecular complexity index is 415. The number of ketones is 1. The van der Waals surface area contributed by atoms with E-state index in [4.69, 9.17) is 5.53 Å². The van der Waals surface area contributed by atoms with Gasteiger partial charge in [-0.25, -0.2) is 4.79 Å². The molecule has 0 aromatic rings. The van der Waals surface area contributed by atoms with Crippen molar-refractivity contribution in [1.29, 1.82) is 0 Å². The van der Waals surface area contributed by atoms with Crippen molar-refractivity contribution in [2.75, 3.05) is 6.61 Å². The lowest BCUT2D eigenvalue weighted by atomic mass is 10.1. The first kappa shape index (κ1) is 16.8. The number of carbonyl (C=O) groups is 3. The molecule has 0 rings (SSSR count). The molecule has 1 atom stereocenters. The van der Waals surface area contributed by atoms with E-state index in [2.05, 4.69) is 9.53 Å². The normalized spacial score (nSPS) is 12.0. The number of ether oxygens (including phenoxy) is 1. The fraction of sp³-hybridized carbons (Fsp3) is 0.556. The number of Topliss-reactive ketones (excluding diaryl/α,β-unsaturated/α-hetero) is 1. The molecule has 0 aliphatic carbocycles. The molecule has 0 aliphatic heterocycles. The van der Waals surface area contributed by atoms with Crippen molar-refractivity contribution in [2.45, 2.75) is 25.6 Å². The molecule has 0 bridgehead atoms. The molecule has 0 heterocycles. The van der Waals surface area contributed by atoms with Gasteiger partial charge in [0.05, 0.1) is 6.61 Å². The van der Waals surface area contributed by atoms with E-state index in [9.17, 15) is 27.6 Å². The van der Waals surface area contributed by atoms with Crippen molar-refractivity contribution in [2.24, 2.45) is 0 Å². The van der Waals surface area contributed by atoms with Crippen LogP contribution in [0.1, 0.15) is 13.3 Å². The lowest BCUT2D eigenvalue weighted by molar-refractivity contribution is -0.176. The predicted octanol–water partition coefficient (Wildman–Crippen LogP) is -0.144. The molecule has 0 aromatic heterocycles. The minimum atomic E-state index is -5.20. The van der Waals surface area contributed by atoms with E-state index in [-0.39, 0.29) is 6.61 Å². The fourth-order valence-corrected chi connectivity index (χ4v) is 0.995. The number of hydrogen-bond acceptors (Lipinski definition) is 4. The van der Waals surface area contributed by atoms with E-state index in [0.29, 0.717) is 6.21 Å². The Kier molecular flexibility index (Phi) is 6.42. The maximum absolute atomic E-state index is 12.0. The average Bonchev–Trinajstić information content (AvgIpc) is 2.27. The van der Waals surface area contributed by atoms with Crippen LogP contribution in [0.4, 0.5) is 13.2 Å². The van der Waals surface area contributed by atoms with Crippen LogP contribution in [-0.4, -0.2) is 47.5 Å². The van der Waals surface area contributed by atoms with Gasteiger partial charge in [-0.05, 0) is 6.92 Å². The summed E-state index contributed by atoms with van der Waals surface area (Å²) in [5.41, 5.74) is 8.07. The summed E-state index contributed by atoms with van der Waals surface area (Å²) in [6.07, 6.45) is -5.62. The first-order valence-electron chi connectivity index (χ1n) is 4.97. The number of carbonyl (C=O) groups excluding carboxylic acids is 3. The summed E-state index contributed by atoms with van der Waals surface area (Å²) < 4.78 is 40.5. The SMILES string of the molecule is CCOC(=O)[C@@H](CC(=O)C=[N+]=[N-])NC(=O)C(F)(F)F. The summed E-state index contributed by atoms with van der Waals surface area (Å²) in [7, 11) is 0. The van der Waals surface area contributed by atoms with Gasteiger partial charge in [0.25, 0.3) is 0 Å². The summed E-state index contributed by atoms with van der Waals surface area (Å²) in [6.45, 7) is 1.26. The summed E-state index contributed by atoms with van der Waals surface area (Å²) in [5, 5.41) is 1.33. The molecule has 7 nitrogen and oxygen atoms in total. The van der Waals surface area contributed by atoms with E-state index < -0.39 is 36.3 Å². The molecule has 0 radical (unpaired) electrons. The molecule has 0 aliphatic rings. The van der Waals surface area contributed by atoms with Gasteiger partial charge in [0, 0.05) is 6.42 Å². The molecule has 0 aromatic carbocycles. The highest BCUT2D eigenvalue weighted by molar-refractivity contribution is 6.26. The van der Waals surface area contributed by atoms with Crippen molar-refractivity contribution in [1.82, 2.24) is 5.32 Å². The molecule has 1 N–H and O–H groups in total. The van der Waals surface area contributed by atoms with Gasteiger partial charge >= 0.3 is 24.3 Å². The van der Waals surface area contributed by atoms with Gasteiger partial charge < -0.3 is 15.6 Å². The Morgan fingerprint density at radius 1 is 1.42 bits per heavy atom. The fourth-order valence-electron chi connectivity index (χ4n) is 0.995. The van der Waals surface area contributed by atoms with Gasteiger partial charge in [0.2, 0.25) is 5.78 Å². The van der Waals surface area contributed by atoms with Crippen LogP contribution in [0.2, 0.25) is 0 Å². The highest BCUT2D eigenvalue weighted by atomic mass is 19.4. The molecule has 0 spiro atoms. The van der Waals surface area contributed by atoms with Gasteiger partial charge in [-0.1, -0.05) is 0 Å². The highest BCUT2D eigenvalue weighted by Crippen LogP contribution is 2.15. The third kappa shape index (κ3) is 6.32. The molecular formula is C9H10F3N3O4. The molecular weight excluding hydrogens is 271 g/mol. The Balaban J connectivity index is 4.87. The topological polar surface area (TPSA) is 109 Å². The van der Waals surface area contributed by atoms with Crippen LogP contribution >= 0.6 is 0 Å². The smallest absolute Gasteiger partial charge is 0.464 e. The predicted molar refractivity (Wildman–Crippen MR) is 53.9 cm³/mol. The first-order chi connectivity index (χ1) is 8.72. The number of nitrogens with one attached hydrogen (secondary N) is 1. The molecule has 1 amide bonds. The molecule has 0 saturated heterocycles. The zero-order chi connectivity index (χ0) is 15.1. The second-order valence-electron chi connectivity index (χ2n) is 3.19. The monoisotopic (exact) mass is 281 g/mol. The van der Waals surface area contributed by atoms with E-state index in [0.717, 1.165) is 0 Å². The van der Waals surface area contributed by atoms with Gasteiger partial charge in [-0.2, -0.15) is 18.0 Å². The standard InChI is InChI=1S/C9H10F3N3O4/c1-2-19-7(17)6(3-5(16)4-14-13)15-8(18)9(10,11)12/h4,6H,2-3H2,1H3,(H,15,18)/t6-/m1/s1. The summed E-state index contributed by atoms with van der Waals surface area (Å²) >= 11 is 0. The Labute approximate surface area is 105 Å². The number of alkyl halides is 3.